The molecule has 1 aliphatic heterocycles. The SMILES string of the molecule is Cc1cc(C(=O)NC2CCNCC2)ncc1-c1ccc(C[C@@H](C(N)=O)N(c2ccc(-c3nnn[nH]3)cc2)C(=O)[C@H]2CC[C@H](CN)CC2)cc1.Cl. The van der Waals surface area contributed by atoms with Crippen molar-refractivity contribution in [3.63, 3.8) is 0 Å². The van der Waals surface area contributed by atoms with Crippen molar-refractivity contribution in [1.82, 2.24) is 36.2 Å². The lowest BCUT2D eigenvalue weighted by Crippen LogP contribution is -2.52. The van der Waals surface area contributed by atoms with Gasteiger partial charge < -0.3 is 22.1 Å². The van der Waals surface area contributed by atoms with Gasteiger partial charge in [-0.05, 0) is 128 Å². The molecule has 3 heterocycles. The molecule has 50 heavy (non-hydrogen) atoms. The zero-order valence-corrected chi connectivity index (χ0v) is 29.0. The van der Waals surface area contributed by atoms with Crippen molar-refractivity contribution in [3.05, 3.63) is 77.6 Å². The maximum Gasteiger partial charge on any atom is 0.270 e. The normalized spacial score (nSPS) is 18.4. The molecule has 1 saturated carbocycles. The van der Waals surface area contributed by atoms with Crippen LogP contribution in [0.4, 0.5) is 5.69 Å². The van der Waals surface area contributed by atoms with Crippen LogP contribution in [-0.4, -0.2) is 75.0 Å². The minimum atomic E-state index is -0.912. The van der Waals surface area contributed by atoms with Gasteiger partial charge in [-0.15, -0.1) is 17.5 Å². The quantitative estimate of drug-likeness (QED) is 0.156. The molecule has 1 aliphatic carbocycles. The minimum Gasteiger partial charge on any atom is -0.368 e. The van der Waals surface area contributed by atoms with Crippen LogP contribution in [0.5, 0.6) is 0 Å². The Morgan fingerprint density at radius 1 is 0.960 bits per heavy atom. The summed E-state index contributed by atoms with van der Waals surface area (Å²) < 4.78 is 0. The number of halogens is 1. The van der Waals surface area contributed by atoms with Crippen LogP contribution in [0.15, 0.2) is 60.8 Å². The minimum absolute atomic E-state index is 0. The lowest BCUT2D eigenvalue weighted by molar-refractivity contribution is -0.127. The molecule has 6 rings (SSSR count). The van der Waals surface area contributed by atoms with E-state index in [0.29, 0.717) is 42.5 Å². The number of carbonyl (C=O) groups is 3. The lowest BCUT2D eigenvalue weighted by atomic mass is 9.81. The number of aromatic nitrogens is 5. The summed E-state index contributed by atoms with van der Waals surface area (Å²) in [6, 6.07) is 16.1. The van der Waals surface area contributed by atoms with E-state index in [0.717, 1.165) is 66.6 Å². The highest BCUT2D eigenvalue weighted by molar-refractivity contribution is 6.02. The van der Waals surface area contributed by atoms with Gasteiger partial charge in [-0.1, -0.05) is 24.3 Å². The highest BCUT2D eigenvalue weighted by Crippen LogP contribution is 2.33. The zero-order valence-electron chi connectivity index (χ0n) is 28.2. The second-order valence-electron chi connectivity index (χ2n) is 13.2. The topological polar surface area (TPSA) is 198 Å². The van der Waals surface area contributed by atoms with E-state index in [4.69, 9.17) is 11.5 Å². The zero-order chi connectivity index (χ0) is 34.3. The Hall–Kier alpha value is -4.72. The van der Waals surface area contributed by atoms with Crippen molar-refractivity contribution < 1.29 is 14.4 Å². The van der Waals surface area contributed by atoms with E-state index in [1.165, 1.54) is 0 Å². The predicted molar refractivity (Wildman–Crippen MR) is 193 cm³/mol. The van der Waals surface area contributed by atoms with Gasteiger partial charge in [0.2, 0.25) is 11.8 Å². The van der Waals surface area contributed by atoms with Crippen molar-refractivity contribution >= 4 is 35.8 Å². The second-order valence-corrected chi connectivity index (χ2v) is 13.2. The number of aromatic amines is 1. The molecule has 1 saturated heterocycles. The summed E-state index contributed by atoms with van der Waals surface area (Å²) in [4.78, 5) is 46.3. The summed E-state index contributed by atoms with van der Waals surface area (Å²) >= 11 is 0. The number of nitrogens with zero attached hydrogens (tertiary/aromatic N) is 5. The number of anilines is 1. The van der Waals surface area contributed by atoms with Crippen LogP contribution in [0.2, 0.25) is 0 Å². The first-order valence-corrected chi connectivity index (χ1v) is 17.0. The van der Waals surface area contributed by atoms with Crippen molar-refractivity contribution in [2.75, 3.05) is 24.5 Å². The predicted octanol–water partition coefficient (Wildman–Crippen LogP) is 3.34. The van der Waals surface area contributed by atoms with Gasteiger partial charge in [0.25, 0.3) is 5.91 Å². The van der Waals surface area contributed by atoms with Crippen molar-refractivity contribution in [1.29, 1.82) is 0 Å². The van der Waals surface area contributed by atoms with E-state index in [-0.39, 0.29) is 42.6 Å². The molecule has 264 valence electrons. The summed E-state index contributed by atoms with van der Waals surface area (Å²) in [5.74, 6) is -0.192. The third-order valence-electron chi connectivity index (χ3n) is 9.88. The Kier molecular flexibility index (Phi) is 12.3. The number of H-pyrrole nitrogens is 1. The maximum absolute atomic E-state index is 14.2. The molecule has 0 spiro atoms. The first-order valence-electron chi connectivity index (χ1n) is 17.0. The number of nitrogens with one attached hydrogen (secondary N) is 3. The first-order chi connectivity index (χ1) is 23.8. The number of hydrogen-bond donors (Lipinski definition) is 5. The van der Waals surface area contributed by atoms with E-state index >= 15 is 0 Å². The Morgan fingerprint density at radius 3 is 2.24 bits per heavy atom. The van der Waals surface area contributed by atoms with Gasteiger partial charge in [0.1, 0.15) is 11.7 Å². The molecule has 2 aromatic heterocycles. The smallest absolute Gasteiger partial charge is 0.270 e. The molecule has 1 atom stereocenters. The molecular weight excluding hydrogens is 656 g/mol. The number of piperidine rings is 1. The number of primary amides is 1. The molecule has 0 unspecified atom stereocenters. The molecule has 4 aromatic rings. The third kappa shape index (κ3) is 8.52. The average Bonchev–Trinajstić information content (AvgIpc) is 3.68. The fraction of sp³-hybridized carbons (Fsp3) is 0.417. The molecular formula is C36H45ClN10O3. The molecule has 14 heteroatoms. The number of nitrogens with two attached hydrogens (primary N) is 2. The van der Waals surface area contributed by atoms with Gasteiger partial charge in [0.15, 0.2) is 5.82 Å². The molecule has 13 nitrogen and oxygen atoms in total. The summed E-state index contributed by atoms with van der Waals surface area (Å²) in [7, 11) is 0. The second kappa shape index (κ2) is 16.8. The van der Waals surface area contributed by atoms with E-state index in [9.17, 15) is 14.4 Å². The number of benzene rings is 2. The average molecular weight is 701 g/mol. The van der Waals surface area contributed by atoms with Crippen LogP contribution in [0.1, 0.15) is 60.1 Å². The summed E-state index contributed by atoms with van der Waals surface area (Å²) in [6.45, 7) is 4.36. The summed E-state index contributed by atoms with van der Waals surface area (Å²) in [6.07, 6.45) is 6.95. The van der Waals surface area contributed by atoms with Gasteiger partial charge in [0.05, 0.1) is 0 Å². The Balaban J connectivity index is 0.00000486. The van der Waals surface area contributed by atoms with Gasteiger partial charge in [-0.2, -0.15) is 0 Å². The molecule has 2 aliphatic rings. The number of tetrazole rings is 1. The van der Waals surface area contributed by atoms with Gasteiger partial charge >= 0.3 is 0 Å². The molecule has 0 radical (unpaired) electrons. The third-order valence-corrected chi connectivity index (χ3v) is 9.88. The lowest BCUT2D eigenvalue weighted by Gasteiger charge is -2.35. The molecule has 2 fully saturated rings. The van der Waals surface area contributed by atoms with Crippen molar-refractivity contribution in [2.45, 2.75) is 64.0 Å². The van der Waals surface area contributed by atoms with E-state index in [2.05, 4.69) is 36.2 Å². The van der Waals surface area contributed by atoms with Gasteiger partial charge in [0, 0.05) is 41.4 Å². The number of carbonyl (C=O) groups excluding carboxylic acids is 3. The van der Waals surface area contributed by atoms with E-state index < -0.39 is 11.9 Å². The fourth-order valence-corrected chi connectivity index (χ4v) is 6.93. The van der Waals surface area contributed by atoms with Crippen LogP contribution in [0, 0.1) is 18.8 Å². The summed E-state index contributed by atoms with van der Waals surface area (Å²) in [5, 5.41) is 20.4. The van der Waals surface area contributed by atoms with Crippen LogP contribution in [0.3, 0.4) is 0 Å². The molecule has 2 aromatic carbocycles. The van der Waals surface area contributed by atoms with Gasteiger partial charge in [-0.3, -0.25) is 24.3 Å². The van der Waals surface area contributed by atoms with Crippen LogP contribution >= 0.6 is 12.4 Å². The Bertz CT molecular complexity index is 1740. The van der Waals surface area contributed by atoms with Crippen molar-refractivity contribution in [3.8, 4) is 22.5 Å². The van der Waals surface area contributed by atoms with Crippen molar-refractivity contribution in [2.24, 2.45) is 23.3 Å². The number of amides is 3. The number of pyridine rings is 1. The fourth-order valence-electron chi connectivity index (χ4n) is 6.93. The van der Waals surface area contributed by atoms with E-state index in [1.54, 1.807) is 23.2 Å². The molecule has 7 N–H and O–H groups in total. The van der Waals surface area contributed by atoms with Crippen LogP contribution in [0.25, 0.3) is 22.5 Å². The number of hydrogen-bond acceptors (Lipinski definition) is 9. The standard InChI is InChI=1S/C36H44N10O3.ClH/c1-22-18-31(35(48)41-28-14-16-39-17-15-28)40-21-30(22)25-6-2-23(3-7-25)19-32(33(38)47)46(36(49)27-8-4-24(20-37)5-9-27)29-12-10-26(11-13-29)34-42-44-45-43-34;/h2-3,6-7,10-13,18,21,24,27-28,32,39H,4-5,8-9,14-17,19-20,37H2,1H3,(H2,38,47)(H,41,48)(H,42,43,44,45);1H/t24-,27-,32-;/m0./s1. The monoisotopic (exact) mass is 700 g/mol. The Morgan fingerprint density at radius 2 is 1.64 bits per heavy atom. The van der Waals surface area contributed by atoms with Gasteiger partial charge in [-0.25, -0.2) is 5.10 Å². The molecule has 3 amide bonds. The first kappa shape index (κ1) is 36.6. The van der Waals surface area contributed by atoms with Crippen LogP contribution < -0.4 is 27.0 Å². The number of rotatable bonds is 11. The van der Waals surface area contributed by atoms with Crippen LogP contribution in [-0.2, 0) is 16.0 Å². The highest BCUT2D eigenvalue weighted by Gasteiger charge is 2.36. The van der Waals surface area contributed by atoms with E-state index in [1.807, 2.05) is 49.4 Å². The summed E-state index contributed by atoms with van der Waals surface area (Å²) in [5.41, 5.74) is 17.3. The molecule has 0 bridgehead atoms. The number of aryl methyl sites for hydroxylation is 1. The maximum atomic E-state index is 14.2. The highest BCUT2D eigenvalue weighted by atomic mass is 35.5. The largest absolute Gasteiger partial charge is 0.368 e. The Labute approximate surface area is 297 Å².